The first-order valence-corrected chi connectivity index (χ1v) is 8.45. The summed E-state index contributed by atoms with van der Waals surface area (Å²) >= 11 is 0. The van der Waals surface area contributed by atoms with Crippen LogP contribution in [0.2, 0.25) is 0 Å². The summed E-state index contributed by atoms with van der Waals surface area (Å²) in [5.41, 5.74) is 2.84. The molecule has 24 heavy (non-hydrogen) atoms. The Kier molecular flexibility index (Phi) is 6.02. The number of nitrogens with one attached hydrogen (secondary N) is 1. The zero-order valence-corrected chi connectivity index (χ0v) is 14.7. The highest BCUT2D eigenvalue weighted by Crippen LogP contribution is 2.23. The van der Waals surface area contributed by atoms with Gasteiger partial charge in [0.05, 0.1) is 0 Å². The molecule has 1 amide bonds. The topological polar surface area (TPSA) is 32.3 Å². The second kappa shape index (κ2) is 8.65. The van der Waals surface area contributed by atoms with E-state index in [9.17, 15) is 4.79 Å². The van der Waals surface area contributed by atoms with Crippen molar-refractivity contribution in [1.29, 1.82) is 0 Å². The molecule has 2 aromatic rings. The molecule has 0 aliphatic carbocycles. The van der Waals surface area contributed by atoms with Crippen LogP contribution in [-0.4, -0.2) is 36.5 Å². The SMILES string of the molecule is CCN1CCC(NC(=O)c2ccccc2-c2ccccc2)CC1.[3H]C. The molecule has 128 valence electrons. The van der Waals surface area contributed by atoms with Crippen LogP contribution in [0.15, 0.2) is 54.6 Å². The number of carbonyl (C=O) groups is 1. The van der Waals surface area contributed by atoms with Gasteiger partial charge in [0.1, 0.15) is 0 Å². The summed E-state index contributed by atoms with van der Waals surface area (Å²) in [6, 6.07) is 18.2. The fourth-order valence-electron chi connectivity index (χ4n) is 3.21. The van der Waals surface area contributed by atoms with E-state index in [-0.39, 0.29) is 11.9 Å². The zero-order valence-electron chi connectivity index (χ0n) is 15.7. The maximum Gasteiger partial charge on any atom is 0.252 e. The van der Waals surface area contributed by atoms with Crippen molar-refractivity contribution < 1.29 is 6.17 Å². The predicted molar refractivity (Wildman–Crippen MR) is 101 cm³/mol. The smallest absolute Gasteiger partial charge is 0.252 e. The third-order valence-electron chi connectivity index (χ3n) is 4.63. The summed E-state index contributed by atoms with van der Waals surface area (Å²) in [6.07, 6.45) is 2.07. The van der Waals surface area contributed by atoms with Crippen molar-refractivity contribution in [3.63, 3.8) is 0 Å². The summed E-state index contributed by atoms with van der Waals surface area (Å²) in [4.78, 5) is 15.2. The van der Waals surface area contributed by atoms with Crippen molar-refractivity contribution >= 4 is 5.91 Å². The monoisotopic (exact) mass is 326 g/mol. The van der Waals surface area contributed by atoms with E-state index in [1.165, 1.54) is 7.40 Å². The fourth-order valence-corrected chi connectivity index (χ4v) is 3.21. The Morgan fingerprint density at radius 1 is 1.12 bits per heavy atom. The van der Waals surface area contributed by atoms with Gasteiger partial charge in [0, 0.05) is 26.1 Å². The third kappa shape index (κ3) is 4.24. The van der Waals surface area contributed by atoms with Crippen LogP contribution in [0.5, 0.6) is 0 Å². The quantitative estimate of drug-likeness (QED) is 0.913. The Bertz CT molecular complexity index is 652. The molecule has 1 saturated heterocycles. The molecule has 3 rings (SSSR count). The lowest BCUT2D eigenvalue weighted by Crippen LogP contribution is -2.44. The first-order chi connectivity index (χ1) is 12.3. The Balaban J connectivity index is 0.00000109. The van der Waals surface area contributed by atoms with Crippen LogP contribution in [0.1, 0.15) is 38.9 Å². The molecule has 1 N–H and O–H groups in total. The first kappa shape index (κ1) is 16.7. The van der Waals surface area contributed by atoms with Crippen LogP contribution < -0.4 is 5.32 Å². The summed E-state index contributed by atoms with van der Waals surface area (Å²) in [5.74, 6) is 0.0411. The second-order valence-electron chi connectivity index (χ2n) is 6.09. The van der Waals surface area contributed by atoms with E-state index >= 15 is 0 Å². The molecule has 2 aromatic carbocycles. The van der Waals surface area contributed by atoms with Crippen molar-refractivity contribution in [3.8, 4) is 11.1 Å². The minimum atomic E-state index is 0.0411. The molecule has 1 aliphatic rings. The molecular weight excluding hydrogens is 296 g/mol. The van der Waals surface area contributed by atoms with Crippen molar-refractivity contribution in [2.45, 2.75) is 33.2 Å². The van der Waals surface area contributed by atoms with Gasteiger partial charge in [-0.3, -0.25) is 4.79 Å². The van der Waals surface area contributed by atoms with Crippen LogP contribution >= 0.6 is 0 Å². The van der Waals surface area contributed by atoms with Crippen LogP contribution in [0.25, 0.3) is 11.1 Å². The van der Waals surface area contributed by atoms with E-state index in [0.717, 1.165) is 49.2 Å². The number of piperidine rings is 1. The molecule has 0 aromatic heterocycles. The highest BCUT2D eigenvalue weighted by atomic mass is 16.1. The molecule has 3 heteroatoms. The van der Waals surface area contributed by atoms with Gasteiger partial charge >= 0.3 is 0 Å². The van der Waals surface area contributed by atoms with Crippen LogP contribution in [0.4, 0.5) is 0 Å². The van der Waals surface area contributed by atoms with Gasteiger partial charge in [0.15, 0.2) is 0 Å². The lowest BCUT2D eigenvalue weighted by molar-refractivity contribution is 0.0913. The second-order valence-corrected chi connectivity index (χ2v) is 6.09. The van der Waals surface area contributed by atoms with Gasteiger partial charge < -0.3 is 10.2 Å². The summed E-state index contributed by atoms with van der Waals surface area (Å²) in [5, 5.41) is 3.22. The Labute approximate surface area is 147 Å². The predicted octanol–water partition coefficient (Wildman–Crippen LogP) is 4.20. The molecule has 1 heterocycles. The average Bonchev–Trinajstić information content (AvgIpc) is 2.71. The molecule has 0 unspecified atom stereocenters. The van der Waals surface area contributed by atoms with Crippen molar-refractivity contribution in [3.05, 3.63) is 60.2 Å². The first-order valence-electron chi connectivity index (χ1n) is 9.45. The number of amides is 1. The number of rotatable bonds is 4. The maximum atomic E-state index is 12.7. The van der Waals surface area contributed by atoms with Gasteiger partial charge in [0.25, 0.3) is 5.91 Å². The number of hydrogen-bond acceptors (Lipinski definition) is 2. The van der Waals surface area contributed by atoms with E-state index in [4.69, 9.17) is 1.37 Å². The number of likely N-dealkylation sites (tertiary alicyclic amines) is 1. The van der Waals surface area contributed by atoms with Gasteiger partial charge in [-0.2, -0.15) is 0 Å². The number of nitrogens with zero attached hydrogens (tertiary/aromatic N) is 1. The highest BCUT2D eigenvalue weighted by Gasteiger charge is 2.21. The Morgan fingerprint density at radius 3 is 2.42 bits per heavy atom. The van der Waals surface area contributed by atoms with Crippen LogP contribution in [-0.2, 0) is 0 Å². The molecule has 0 bridgehead atoms. The van der Waals surface area contributed by atoms with Gasteiger partial charge in [-0.25, -0.2) is 0 Å². The summed E-state index contributed by atoms with van der Waals surface area (Å²) < 4.78 is 5.75. The van der Waals surface area contributed by atoms with Gasteiger partial charge in [-0.15, -0.1) is 0 Å². The molecule has 0 radical (unpaired) electrons. The zero-order chi connectivity index (χ0) is 18.1. The lowest BCUT2D eigenvalue weighted by Gasteiger charge is -2.31. The van der Waals surface area contributed by atoms with Crippen molar-refractivity contribution in [2.24, 2.45) is 0 Å². The van der Waals surface area contributed by atoms with Crippen LogP contribution in [0, 0.1) is 0 Å². The maximum absolute atomic E-state index is 12.7. The molecular formula is C21H28N2O. The van der Waals surface area contributed by atoms with Crippen molar-refractivity contribution in [1.82, 2.24) is 10.2 Å². The highest BCUT2D eigenvalue weighted by molar-refractivity contribution is 6.01. The van der Waals surface area contributed by atoms with Gasteiger partial charge in [-0.1, -0.05) is 62.9 Å². The normalized spacial score (nSPS) is 15.8. The minimum Gasteiger partial charge on any atom is -0.349 e. The summed E-state index contributed by atoms with van der Waals surface area (Å²) in [7, 11) is 1.25. The number of benzene rings is 2. The number of hydrogen-bond donors (Lipinski definition) is 1. The third-order valence-corrected chi connectivity index (χ3v) is 4.63. The van der Waals surface area contributed by atoms with Gasteiger partial charge in [-0.05, 0) is 36.6 Å². The largest absolute Gasteiger partial charge is 0.349 e. The average molecular weight is 326 g/mol. The molecule has 1 aliphatic heterocycles. The van der Waals surface area contributed by atoms with Crippen LogP contribution in [0.3, 0.4) is 0 Å². The molecule has 0 atom stereocenters. The fraction of sp³-hybridized carbons (Fsp3) is 0.381. The van der Waals surface area contributed by atoms with Gasteiger partial charge in [0.2, 0.25) is 0 Å². The van der Waals surface area contributed by atoms with E-state index < -0.39 is 0 Å². The minimum absolute atomic E-state index is 0.0411. The van der Waals surface area contributed by atoms with E-state index in [2.05, 4.69) is 17.1 Å². The Morgan fingerprint density at radius 2 is 1.75 bits per heavy atom. The van der Waals surface area contributed by atoms with E-state index in [1.54, 1.807) is 0 Å². The standard InChI is InChI=1S/C20H24N2O.CH4/c1-2-22-14-12-17(13-15-22)21-20(23)19-11-7-6-10-18(19)16-8-4-3-5-9-16;/h3-11,17H,2,12-15H2,1H3,(H,21,23);1H4/i;1T. The van der Waals surface area contributed by atoms with E-state index in [1.807, 2.05) is 54.6 Å². The Hall–Kier alpha value is -2.13. The molecule has 0 spiro atoms. The molecule has 0 saturated carbocycles. The molecule has 3 nitrogen and oxygen atoms in total. The van der Waals surface area contributed by atoms with E-state index in [0.29, 0.717) is 0 Å². The number of carbonyl (C=O) groups excluding carboxylic acids is 1. The van der Waals surface area contributed by atoms with Crippen molar-refractivity contribution in [2.75, 3.05) is 19.6 Å². The summed E-state index contributed by atoms with van der Waals surface area (Å²) in [6.45, 7) is 5.43. The lowest BCUT2D eigenvalue weighted by atomic mass is 9.98. The molecule has 1 fully saturated rings.